The van der Waals surface area contributed by atoms with Crippen molar-refractivity contribution in [2.75, 3.05) is 0 Å². The molecule has 3 heteroatoms. The molecule has 0 aromatic heterocycles. The summed E-state index contributed by atoms with van der Waals surface area (Å²) in [5.74, 6) is 0.182. The van der Waals surface area contributed by atoms with Crippen LogP contribution >= 0.6 is 0 Å². The number of ketones is 1. The van der Waals surface area contributed by atoms with Gasteiger partial charge in [-0.05, 0) is 25.3 Å². The lowest BCUT2D eigenvalue weighted by atomic mass is 9.92. The Bertz CT molecular complexity index is 475. The molecular formula is C19H28O3. The van der Waals surface area contributed by atoms with Gasteiger partial charge in [0, 0.05) is 18.3 Å². The molecule has 1 aliphatic heterocycles. The fourth-order valence-electron chi connectivity index (χ4n) is 2.80. The molecule has 0 radical (unpaired) electrons. The van der Waals surface area contributed by atoms with E-state index in [-0.39, 0.29) is 29.7 Å². The van der Waals surface area contributed by atoms with Gasteiger partial charge in [0.25, 0.3) is 0 Å². The SMILES string of the molecule is CC(=O)C[C@H]1C[C@H](CCc2ccccc2)O[C@H](C(C)(C)C)O1. The summed E-state index contributed by atoms with van der Waals surface area (Å²) in [6, 6.07) is 10.5. The zero-order valence-corrected chi connectivity index (χ0v) is 14.2. The van der Waals surface area contributed by atoms with Gasteiger partial charge in [0.15, 0.2) is 6.29 Å². The van der Waals surface area contributed by atoms with Gasteiger partial charge in [-0.2, -0.15) is 0 Å². The Morgan fingerprint density at radius 2 is 1.77 bits per heavy atom. The Kier molecular flexibility index (Phi) is 5.76. The molecule has 1 aromatic rings. The van der Waals surface area contributed by atoms with Crippen LogP contribution < -0.4 is 0 Å². The van der Waals surface area contributed by atoms with Crippen molar-refractivity contribution in [3.8, 4) is 0 Å². The zero-order chi connectivity index (χ0) is 16.2. The van der Waals surface area contributed by atoms with Gasteiger partial charge in [-0.3, -0.25) is 4.79 Å². The molecule has 1 aliphatic rings. The van der Waals surface area contributed by atoms with Crippen molar-refractivity contribution in [2.45, 2.75) is 71.9 Å². The van der Waals surface area contributed by atoms with Crippen molar-refractivity contribution < 1.29 is 14.3 Å². The van der Waals surface area contributed by atoms with E-state index in [9.17, 15) is 4.79 Å². The fourth-order valence-corrected chi connectivity index (χ4v) is 2.80. The molecule has 0 unspecified atom stereocenters. The normalized spacial score (nSPS) is 25.9. The highest BCUT2D eigenvalue weighted by molar-refractivity contribution is 5.75. The lowest BCUT2D eigenvalue weighted by molar-refractivity contribution is -0.279. The van der Waals surface area contributed by atoms with Crippen molar-refractivity contribution >= 4 is 5.78 Å². The van der Waals surface area contributed by atoms with Crippen molar-refractivity contribution in [1.29, 1.82) is 0 Å². The first-order valence-electron chi connectivity index (χ1n) is 8.19. The molecule has 3 nitrogen and oxygen atoms in total. The van der Waals surface area contributed by atoms with E-state index in [2.05, 4.69) is 45.0 Å². The highest BCUT2D eigenvalue weighted by Gasteiger charge is 2.37. The number of rotatable bonds is 5. The minimum absolute atomic E-state index is 0.0174. The second-order valence-electron chi connectivity index (χ2n) is 7.38. The molecule has 0 spiro atoms. The van der Waals surface area contributed by atoms with Gasteiger partial charge in [-0.1, -0.05) is 51.1 Å². The van der Waals surface area contributed by atoms with Gasteiger partial charge in [-0.25, -0.2) is 0 Å². The van der Waals surface area contributed by atoms with Crippen molar-refractivity contribution in [3.63, 3.8) is 0 Å². The Hall–Kier alpha value is -1.19. The van der Waals surface area contributed by atoms with Gasteiger partial charge in [-0.15, -0.1) is 0 Å². The maximum atomic E-state index is 11.4. The fraction of sp³-hybridized carbons (Fsp3) is 0.632. The quantitative estimate of drug-likeness (QED) is 0.820. The lowest BCUT2D eigenvalue weighted by Crippen LogP contribution is -2.45. The molecule has 1 fully saturated rings. The Morgan fingerprint density at radius 1 is 1.14 bits per heavy atom. The van der Waals surface area contributed by atoms with E-state index in [1.54, 1.807) is 6.92 Å². The standard InChI is InChI=1S/C19H28O3/c1-14(20)12-17-13-16(21-18(22-17)19(2,3)4)11-10-15-8-6-5-7-9-15/h5-9,16-18H,10-13H2,1-4H3/t16-,17-,18-/m0/s1. The summed E-state index contributed by atoms with van der Waals surface area (Å²) in [7, 11) is 0. The van der Waals surface area contributed by atoms with E-state index in [4.69, 9.17) is 9.47 Å². The maximum absolute atomic E-state index is 11.4. The molecule has 0 N–H and O–H groups in total. The van der Waals surface area contributed by atoms with Gasteiger partial charge < -0.3 is 9.47 Å². The number of carbonyl (C=O) groups excluding carboxylic acids is 1. The molecule has 0 aliphatic carbocycles. The third-order valence-corrected chi connectivity index (χ3v) is 3.98. The molecule has 22 heavy (non-hydrogen) atoms. The predicted octanol–water partition coefficient (Wildman–Crippen LogP) is 4.14. The van der Waals surface area contributed by atoms with Crippen LogP contribution in [0.2, 0.25) is 0 Å². The first-order valence-corrected chi connectivity index (χ1v) is 8.19. The van der Waals surface area contributed by atoms with E-state index in [1.165, 1.54) is 5.56 Å². The van der Waals surface area contributed by atoms with Gasteiger partial charge in [0.1, 0.15) is 5.78 Å². The van der Waals surface area contributed by atoms with Crippen LogP contribution in [-0.2, 0) is 20.7 Å². The predicted molar refractivity (Wildman–Crippen MR) is 87.7 cm³/mol. The van der Waals surface area contributed by atoms with E-state index in [1.807, 2.05) is 6.07 Å². The monoisotopic (exact) mass is 304 g/mol. The number of ether oxygens (including phenoxy) is 2. The summed E-state index contributed by atoms with van der Waals surface area (Å²) in [5, 5.41) is 0. The molecule has 1 heterocycles. The molecule has 3 atom stereocenters. The van der Waals surface area contributed by atoms with Crippen LogP contribution in [0.4, 0.5) is 0 Å². The van der Waals surface area contributed by atoms with Crippen molar-refractivity contribution in [3.05, 3.63) is 35.9 Å². The van der Waals surface area contributed by atoms with Crippen LogP contribution in [-0.4, -0.2) is 24.3 Å². The summed E-state index contributed by atoms with van der Waals surface area (Å²) in [4.78, 5) is 11.4. The van der Waals surface area contributed by atoms with Crippen molar-refractivity contribution in [2.24, 2.45) is 5.41 Å². The van der Waals surface area contributed by atoms with Crippen LogP contribution in [0.15, 0.2) is 30.3 Å². The van der Waals surface area contributed by atoms with Gasteiger partial charge >= 0.3 is 0 Å². The average Bonchev–Trinajstić information content (AvgIpc) is 2.44. The summed E-state index contributed by atoms with van der Waals surface area (Å²) in [5.41, 5.74) is 1.24. The summed E-state index contributed by atoms with van der Waals surface area (Å²) >= 11 is 0. The number of aryl methyl sites for hydroxylation is 1. The third-order valence-electron chi connectivity index (χ3n) is 3.98. The molecule has 0 amide bonds. The highest BCUT2D eigenvalue weighted by Crippen LogP contribution is 2.33. The first kappa shape index (κ1) is 17.2. The van der Waals surface area contributed by atoms with Gasteiger partial charge in [0.2, 0.25) is 0 Å². The topological polar surface area (TPSA) is 35.5 Å². The van der Waals surface area contributed by atoms with Crippen LogP contribution in [0.5, 0.6) is 0 Å². The molecule has 1 aromatic carbocycles. The Balaban J connectivity index is 1.97. The second kappa shape index (κ2) is 7.38. The van der Waals surface area contributed by atoms with E-state index < -0.39 is 0 Å². The maximum Gasteiger partial charge on any atom is 0.163 e. The lowest BCUT2D eigenvalue weighted by Gasteiger charge is -2.41. The molecule has 0 bridgehead atoms. The average molecular weight is 304 g/mol. The molecular weight excluding hydrogens is 276 g/mol. The summed E-state index contributed by atoms with van der Waals surface area (Å²) < 4.78 is 12.2. The third kappa shape index (κ3) is 5.22. The molecule has 1 saturated heterocycles. The van der Waals surface area contributed by atoms with Crippen LogP contribution in [0.3, 0.4) is 0 Å². The van der Waals surface area contributed by atoms with Crippen LogP contribution in [0.1, 0.15) is 52.5 Å². The molecule has 0 saturated carbocycles. The van der Waals surface area contributed by atoms with Crippen molar-refractivity contribution in [1.82, 2.24) is 0 Å². The Labute approximate surface area is 134 Å². The smallest absolute Gasteiger partial charge is 0.163 e. The number of hydrogen-bond donors (Lipinski definition) is 0. The number of Topliss-reactive ketones (excluding diaryl/α,β-unsaturated/α-hetero) is 1. The zero-order valence-electron chi connectivity index (χ0n) is 14.2. The minimum Gasteiger partial charge on any atom is -0.349 e. The number of benzene rings is 1. The van der Waals surface area contributed by atoms with E-state index >= 15 is 0 Å². The van der Waals surface area contributed by atoms with Crippen LogP contribution in [0, 0.1) is 5.41 Å². The van der Waals surface area contributed by atoms with E-state index in [0.29, 0.717) is 6.42 Å². The second-order valence-corrected chi connectivity index (χ2v) is 7.38. The molecule has 2 rings (SSSR count). The largest absolute Gasteiger partial charge is 0.349 e. The number of carbonyl (C=O) groups is 1. The van der Waals surface area contributed by atoms with E-state index in [0.717, 1.165) is 19.3 Å². The first-order chi connectivity index (χ1) is 10.3. The number of hydrogen-bond acceptors (Lipinski definition) is 3. The summed E-state index contributed by atoms with van der Waals surface area (Å²) in [6.45, 7) is 7.97. The van der Waals surface area contributed by atoms with Crippen LogP contribution in [0.25, 0.3) is 0 Å². The minimum atomic E-state index is -0.244. The molecule has 122 valence electrons. The Morgan fingerprint density at radius 3 is 2.36 bits per heavy atom. The summed E-state index contributed by atoms with van der Waals surface area (Å²) in [6.07, 6.45) is 3.14. The highest BCUT2D eigenvalue weighted by atomic mass is 16.7. The van der Waals surface area contributed by atoms with Gasteiger partial charge in [0.05, 0.1) is 12.2 Å².